The zero-order valence-corrected chi connectivity index (χ0v) is 8.95. The second-order valence-corrected chi connectivity index (χ2v) is 4.59. The van der Waals surface area contributed by atoms with Crippen LogP contribution in [0.4, 0.5) is 4.79 Å². The first-order valence-electron chi connectivity index (χ1n) is 5.17. The molecule has 1 rings (SSSR count). The maximum atomic E-state index is 10.7. The summed E-state index contributed by atoms with van der Waals surface area (Å²) in [6, 6.07) is -0.113. The minimum Gasteiger partial charge on any atom is -0.442 e. The van der Waals surface area contributed by atoms with Crippen LogP contribution in [0.25, 0.3) is 0 Å². The van der Waals surface area contributed by atoms with Crippen molar-refractivity contribution < 1.29 is 9.53 Å². The quantitative estimate of drug-likeness (QED) is 0.722. The Labute approximate surface area is 85.0 Å². The largest absolute Gasteiger partial charge is 0.442 e. The average Bonchev–Trinajstić information content (AvgIpc) is 2.51. The molecule has 0 heterocycles. The lowest BCUT2D eigenvalue weighted by Crippen LogP contribution is -2.51. The van der Waals surface area contributed by atoms with Crippen LogP contribution in [0.1, 0.15) is 39.5 Å². The summed E-state index contributed by atoms with van der Waals surface area (Å²) in [6.45, 7) is 3.64. The van der Waals surface area contributed by atoms with Gasteiger partial charge in [0, 0.05) is 6.04 Å². The molecule has 0 aromatic carbocycles. The van der Waals surface area contributed by atoms with Crippen LogP contribution < -0.4 is 11.5 Å². The lowest BCUT2D eigenvalue weighted by Gasteiger charge is -2.34. The minimum atomic E-state index is -0.747. The van der Waals surface area contributed by atoms with E-state index < -0.39 is 11.7 Å². The molecule has 14 heavy (non-hydrogen) atoms. The van der Waals surface area contributed by atoms with E-state index in [-0.39, 0.29) is 6.04 Å². The van der Waals surface area contributed by atoms with Crippen molar-refractivity contribution in [3.63, 3.8) is 0 Å². The van der Waals surface area contributed by atoms with Crippen molar-refractivity contribution in [2.75, 3.05) is 0 Å². The van der Waals surface area contributed by atoms with Gasteiger partial charge in [0.25, 0.3) is 0 Å². The Kier molecular flexibility index (Phi) is 3.37. The topological polar surface area (TPSA) is 78.3 Å². The molecule has 0 aromatic heterocycles. The average molecular weight is 200 g/mol. The fourth-order valence-electron chi connectivity index (χ4n) is 2.21. The number of carbonyl (C=O) groups excluding carboxylic acids is 1. The van der Waals surface area contributed by atoms with E-state index in [1.165, 1.54) is 12.8 Å². The summed E-state index contributed by atoms with van der Waals surface area (Å²) in [7, 11) is 0. The highest BCUT2D eigenvalue weighted by Gasteiger charge is 2.36. The van der Waals surface area contributed by atoms with Gasteiger partial charge in [0.1, 0.15) is 5.60 Å². The Morgan fingerprint density at radius 3 is 2.36 bits per heavy atom. The van der Waals surface area contributed by atoms with Crippen molar-refractivity contribution in [1.82, 2.24) is 0 Å². The van der Waals surface area contributed by atoms with Crippen molar-refractivity contribution in [1.29, 1.82) is 0 Å². The third kappa shape index (κ3) is 2.61. The highest BCUT2D eigenvalue weighted by molar-refractivity contribution is 5.65. The van der Waals surface area contributed by atoms with Crippen LogP contribution in [0.5, 0.6) is 0 Å². The highest BCUT2D eigenvalue weighted by atomic mass is 16.6. The third-order valence-electron chi connectivity index (χ3n) is 3.07. The van der Waals surface area contributed by atoms with E-state index in [0.29, 0.717) is 5.92 Å². The molecule has 1 fully saturated rings. The van der Waals surface area contributed by atoms with Gasteiger partial charge in [0.2, 0.25) is 0 Å². The fourth-order valence-corrected chi connectivity index (χ4v) is 2.21. The summed E-state index contributed by atoms with van der Waals surface area (Å²) in [5.74, 6) is 0.462. The maximum Gasteiger partial charge on any atom is 0.405 e. The van der Waals surface area contributed by atoms with E-state index in [1.54, 1.807) is 0 Å². The van der Waals surface area contributed by atoms with Crippen LogP contribution >= 0.6 is 0 Å². The summed E-state index contributed by atoms with van der Waals surface area (Å²) in [5, 5.41) is 0. The predicted molar refractivity (Wildman–Crippen MR) is 54.7 cm³/mol. The third-order valence-corrected chi connectivity index (χ3v) is 3.07. The van der Waals surface area contributed by atoms with Gasteiger partial charge >= 0.3 is 6.09 Å². The van der Waals surface area contributed by atoms with Crippen LogP contribution in [0.2, 0.25) is 0 Å². The van der Waals surface area contributed by atoms with Crippen molar-refractivity contribution in [3.8, 4) is 0 Å². The molecule has 0 aliphatic heterocycles. The molecular formula is C10H20N2O2. The highest BCUT2D eigenvalue weighted by Crippen LogP contribution is 2.32. The normalized spacial score (nSPS) is 20.8. The summed E-state index contributed by atoms with van der Waals surface area (Å²) < 4.78 is 5.03. The Morgan fingerprint density at radius 2 is 1.93 bits per heavy atom. The van der Waals surface area contributed by atoms with Crippen molar-refractivity contribution in [2.24, 2.45) is 17.4 Å². The zero-order chi connectivity index (χ0) is 10.8. The second kappa shape index (κ2) is 4.17. The molecule has 1 unspecified atom stereocenters. The molecule has 0 bridgehead atoms. The lowest BCUT2D eigenvalue weighted by atomic mass is 9.86. The fraction of sp³-hybridized carbons (Fsp3) is 0.900. The van der Waals surface area contributed by atoms with Crippen molar-refractivity contribution in [3.05, 3.63) is 0 Å². The van der Waals surface area contributed by atoms with Gasteiger partial charge < -0.3 is 16.2 Å². The number of primary amides is 1. The van der Waals surface area contributed by atoms with E-state index in [1.807, 2.05) is 13.8 Å². The first-order valence-corrected chi connectivity index (χ1v) is 5.17. The molecule has 1 atom stereocenters. The molecule has 0 spiro atoms. The number of ether oxygens (including phenoxy) is 1. The molecule has 82 valence electrons. The Bertz CT molecular complexity index is 210. The summed E-state index contributed by atoms with van der Waals surface area (Å²) in [6.07, 6.45) is 3.97. The molecule has 1 amide bonds. The zero-order valence-electron chi connectivity index (χ0n) is 8.95. The van der Waals surface area contributed by atoms with Gasteiger partial charge in [0.05, 0.1) is 0 Å². The van der Waals surface area contributed by atoms with Crippen LogP contribution in [-0.4, -0.2) is 17.7 Å². The lowest BCUT2D eigenvalue weighted by molar-refractivity contribution is 0.0104. The van der Waals surface area contributed by atoms with Crippen LogP contribution in [0, 0.1) is 5.92 Å². The van der Waals surface area contributed by atoms with Crippen LogP contribution in [-0.2, 0) is 4.74 Å². The molecule has 4 heteroatoms. The Balaban J connectivity index is 2.55. The molecule has 4 nitrogen and oxygen atoms in total. The summed E-state index contributed by atoms with van der Waals surface area (Å²) in [4.78, 5) is 10.7. The minimum absolute atomic E-state index is 0.113. The number of amides is 1. The number of nitrogens with two attached hydrogens (primary N) is 2. The number of carbonyl (C=O) groups is 1. The molecule has 0 aromatic rings. The molecule has 1 saturated carbocycles. The standard InChI is InChI=1S/C10H20N2O2/c1-10(2,14-9(12)13)8(11)7-5-3-4-6-7/h7-8H,3-6,11H2,1-2H3,(H2,12,13). The van der Waals surface area contributed by atoms with Gasteiger partial charge in [-0.05, 0) is 32.6 Å². The first kappa shape index (κ1) is 11.3. The van der Waals surface area contributed by atoms with Gasteiger partial charge in [-0.3, -0.25) is 0 Å². The van der Waals surface area contributed by atoms with E-state index in [0.717, 1.165) is 12.8 Å². The summed E-state index contributed by atoms with van der Waals surface area (Å²) >= 11 is 0. The number of hydrogen-bond acceptors (Lipinski definition) is 3. The SMILES string of the molecule is CC(C)(OC(N)=O)C(N)C1CCCC1. The van der Waals surface area contributed by atoms with E-state index in [9.17, 15) is 4.79 Å². The van der Waals surface area contributed by atoms with E-state index in [2.05, 4.69) is 0 Å². The smallest absolute Gasteiger partial charge is 0.405 e. The van der Waals surface area contributed by atoms with Crippen molar-refractivity contribution >= 4 is 6.09 Å². The maximum absolute atomic E-state index is 10.7. The van der Waals surface area contributed by atoms with E-state index >= 15 is 0 Å². The molecule has 0 radical (unpaired) electrons. The van der Waals surface area contributed by atoms with Gasteiger partial charge in [-0.15, -0.1) is 0 Å². The van der Waals surface area contributed by atoms with Crippen LogP contribution in [0.15, 0.2) is 0 Å². The molecular weight excluding hydrogens is 180 g/mol. The van der Waals surface area contributed by atoms with Gasteiger partial charge in [-0.2, -0.15) is 0 Å². The van der Waals surface area contributed by atoms with Gasteiger partial charge in [0.15, 0.2) is 0 Å². The Hall–Kier alpha value is -0.770. The predicted octanol–water partition coefficient (Wildman–Crippen LogP) is 1.38. The van der Waals surface area contributed by atoms with Crippen LogP contribution in [0.3, 0.4) is 0 Å². The first-order chi connectivity index (χ1) is 6.43. The van der Waals surface area contributed by atoms with Crippen molar-refractivity contribution in [2.45, 2.75) is 51.2 Å². The molecule has 4 N–H and O–H groups in total. The second-order valence-electron chi connectivity index (χ2n) is 4.59. The number of hydrogen-bond donors (Lipinski definition) is 2. The number of rotatable bonds is 3. The molecule has 1 aliphatic carbocycles. The van der Waals surface area contributed by atoms with Gasteiger partial charge in [-0.1, -0.05) is 12.8 Å². The van der Waals surface area contributed by atoms with E-state index in [4.69, 9.17) is 16.2 Å². The Morgan fingerprint density at radius 1 is 1.43 bits per heavy atom. The summed E-state index contributed by atoms with van der Waals surface area (Å²) in [5.41, 5.74) is 10.4. The monoisotopic (exact) mass is 200 g/mol. The molecule has 0 saturated heterocycles. The molecule has 1 aliphatic rings. The van der Waals surface area contributed by atoms with Gasteiger partial charge in [-0.25, -0.2) is 4.79 Å².